The van der Waals surface area contributed by atoms with E-state index in [0.29, 0.717) is 6.42 Å². The zero-order valence-electron chi connectivity index (χ0n) is 11.4. The molecule has 2 amide bonds. The Morgan fingerprint density at radius 2 is 1.78 bits per heavy atom. The van der Waals surface area contributed by atoms with Crippen molar-refractivity contribution in [2.24, 2.45) is 0 Å². The number of rotatable bonds is 2. The second kappa shape index (κ2) is 5.72. The predicted octanol–water partition coefficient (Wildman–Crippen LogP) is 1.83. The van der Waals surface area contributed by atoms with Crippen LogP contribution in [0.25, 0.3) is 0 Å². The number of nitrogens with zero attached hydrogens (tertiary/aromatic N) is 1. The van der Waals surface area contributed by atoms with E-state index in [1.165, 1.54) is 25.7 Å². The zero-order valence-corrected chi connectivity index (χ0v) is 11.4. The van der Waals surface area contributed by atoms with Gasteiger partial charge in [0.1, 0.15) is 12.1 Å². The molecular formula is C14H24N2O2. The molecule has 2 rings (SSSR count). The molecule has 0 bridgehead atoms. The van der Waals surface area contributed by atoms with Crippen molar-refractivity contribution in [2.75, 3.05) is 0 Å². The van der Waals surface area contributed by atoms with Gasteiger partial charge in [-0.15, -0.1) is 0 Å². The summed E-state index contributed by atoms with van der Waals surface area (Å²) >= 11 is 0. The van der Waals surface area contributed by atoms with E-state index in [0.717, 1.165) is 12.8 Å². The van der Waals surface area contributed by atoms with Crippen molar-refractivity contribution in [2.45, 2.75) is 76.9 Å². The fraction of sp³-hybridized carbons (Fsp3) is 0.857. The van der Waals surface area contributed by atoms with Crippen molar-refractivity contribution in [3.8, 4) is 0 Å². The molecule has 0 spiro atoms. The van der Waals surface area contributed by atoms with E-state index < -0.39 is 0 Å². The molecule has 2 fully saturated rings. The van der Waals surface area contributed by atoms with Crippen LogP contribution in [0, 0.1) is 0 Å². The Kier molecular flexibility index (Phi) is 4.25. The molecule has 2 aliphatic rings. The fourth-order valence-electron chi connectivity index (χ4n) is 3.23. The Bertz CT molecular complexity index is 322. The first-order valence-electron chi connectivity index (χ1n) is 7.27. The minimum atomic E-state index is -0.358. The number of hydrogen-bond acceptors (Lipinski definition) is 2. The zero-order chi connectivity index (χ0) is 13.1. The molecule has 1 saturated carbocycles. The topological polar surface area (TPSA) is 49.4 Å². The van der Waals surface area contributed by atoms with Crippen LogP contribution < -0.4 is 5.32 Å². The van der Waals surface area contributed by atoms with E-state index >= 15 is 0 Å². The minimum Gasteiger partial charge on any atom is -0.343 e. The van der Waals surface area contributed by atoms with Crippen LogP contribution in [0.15, 0.2) is 0 Å². The molecule has 4 nitrogen and oxygen atoms in total. The average Bonchev–Trinajstić information content (AvgIpc) is 2.62. The Morgan fingerprint density at radius 1 is 1.17 bits per heavy atom. The number of amides is 2. The molecule has 4 heteroatoms. The molecule has 0 radical (unpaired) electrons. The third-order valence-electron chi connectivity index (χ3n) is 4.23. The summed E-state index contributed by atoms with van der Waals surface area (Å²) in [6.07, 6.45) is 7.71. The average molecular weight is 252 g/mol. The normalized spacial score (nSPS) is 31.1. The van der Waals surface area contributed by atoms with Gasteiger partial charge in [-0.1, -0.05) is 32.6 Å². The standard InChI is InChI=1S/C14H24N2O2/c1-3-12-13(17)15-10(2)14(18)16(12)11-8-6-4-5-7-9-11/h10-12H,3-9H2,1-2H3,(H,15,17). The lowest BCUT2D eigenvalue weighted by molar-refractivity contribution is -0.152. The van der Waals surface area contributed by atoms with Gasteiger partial charge < -0.3 is 10.2 Å². The molecule has 1 saturated heterocycles. The van der Waals surface area contributed by atoms with Crippen molar-refractivity contribution in [3.63, 3.8) is 0 Å². The molecular weight excluding hydrogens is 228 g/mol. The van der Waals surface area contributed by atoms with Crippen molar-refractivity contribution >= 4 is 11.8 Å². The van der Waals surface area contributed by atoms with Crippen LogP contribution in [0.3, 0.4) is 0 Å². The Balaban J connectivity index is 2.18. The van der Waals surface area contributed by atoms with E-state index in [4.69, 9.17) is 0 Å². The highest BCUT2D eigenvalue weighted by atomic mass is 16.2. The summed E-state index contributed by atoms with van der Waals surface area (Å²) in [6, 6.07) is -0.334. The van der Waals surface area contributed by atoms with E-state index in [1.807, 2.05) is 11.8 Å². The third kappa shape index (κ3) is 2.52. The van der Waals surface area contributed by atoms with Gasteiger partial charge in [0.2, 0.25) is 11.8 Å². The summed E-state index contributed by atoms with van der Waals surface area (Å²) < 4.78 is 0. The largest absolute Gasteiger partial charge is 0.343 e. The summed E-state index contributed by atoms with van der Waals surface area (Å²) in [5, 5.41) is 2.78. The first kappa shape index (κ1) is 13.4. The van der Waals surface area contributed by atoms with Crippen LogP contribution in [-0.2, 0) is 9.59 Å². The Morgan fingerprint density at radius 3 is 2.33 bits per heavy atom. The number of carbonyl (C=O) groups is 2. The summed E-state index contributed by atoms with van der Waals surface area (Å²) in [5.41, 5.74) is 0. The van der Waals surface area contributed by atoms with Gasteiger partial charge in [-0.05, 0) is 26.2 Å². The molecule has 2 unspecified atom stereocenters. The first-order valence-corrected chi connectivity index (χ1v) is 7.27. The summed E-state index contributed by atoms with van der Waals surface area (Å²) in [4.78, 5) is 26.3. The molecule has 102 valence electrons. The van der Waals surface area contributed by atoms with Gasteiger partial charge in [-0.3, -0.25) is 9.59 Å². The third-order valence-corrected chi connectivity index (χ3v) is 4.23. The van der Waals surface area contributed by atoms with Gasteiger partial charge in [0.05, 0.1) is 0 Å². The highest BCUT2D eigenvalue weighted by molar-refractivity contribution is 5.96. The lowest BCUT2D eigenvalue weighted by atomic mass is 9.98. The van der Waals surface area contributed by atoms with E-state index in [9.17, 15) is 9.59 Å². The first-order chi connectivity index (χ1) is 8.65. The van der Waals surface area contributed by atoms with Crippen LogP contribution in [0.2, 0.25) is 0 Å². The molecule has 1 heterocycles. The van der Waals surface area contributed by atoms with Gasteiger partial charge in [-0.25, -0.2) is 0 Å². The highest BCUT2D eigenvalue weighted by Gasteiger charge is 2.40. The number of nitrogens with one attached hydrogen (secondary N) is 1. The summed E-state index contributed by atoms with van der Waals surface area (Å²) in [7, 11) is 0. The van der Waals surface area contributed by atoms with Crippen LogP contribution in [0.4, 0.5) is 0 Å². The van der Waals surface area contributed by atoms with Gasteiger partial charge in [0.25, 0.3) is 0 Å². The van der Waals surface area contributed by atoms with E-state index in [2.05, 4.69) is 5.32 Å². The maximum Gasteiger partial charge on any atom is 0.245 e. The molecule has 1 N–H and O–H groups in total. The molecule has 18 heavy (non-hydrogen) atoms. The Hall–Kier alpha value is -1.06. The van der Waals surface area contributed by atoms with E-state index in [-0.39, 0.29) is 29.9 Å². The number of carbonyl (C=O) groups excluding carboxylic acids is 2. The van der Waals surface area contributed by atoms with Crippen molar-refractivity contribution in [1.29, 1.82) is 0 Å². The van der Waals surface area contributed by atoms with Crippen LogP contribution >= 0.6 is 0 Å². The fourth-order valence-corrected chi connectivity index (χ4v) is 3.23. The summed E-state index contributed by atoms with van der Waals surface area (Å²) in [5.74, 6) is 0.127. The van der Waals surface area contributed by atoms with Gasteiger partial charge in [0, 0.05) is 6.04 Å². The predicted molar refractivity (Wildman–Crippen MR) is 70.0 cm³/mol. The van der Waals surface area contributed by atoms with Crippen LogP contribution in [0.5, 0.6) is 0 Å². The highest BCUT2D eigenvalue weighted by Crippen LogP contribution is 2.26. The number of hydrogen-bond donors (Lipinski definition) is 1. The van der Waals surface area contributed by atoms with Gasteiger partial charge >= 0.3 is 0 Å². The summed E-state index contributed by atoms with van der Waals surface area (Å²) in [6.45, 7) is 3.77. The molecule has 2 atom stereocenters. The lowest BCUT2D eigenvalue weighted by Gasteiger charge is -2.42. The SMILES string of the molecule is CCC1C(=O)NC(C)C(=O)N1C1CCCCCC1. The maximum absolute atomic E-state index is 12.4. The lowest BCUT2D eigenvalue weighted by Crippen LogP contribution is -2.64. The van der Waals surface area contributed by atoms with Gasteiger partial charge in [0.15, 0.2) is 0 Å². The van der Waals surface area contributed by atoms with Gasteiger partial charge in [-0.2, -0.15) is 0 Å². The molecule has 0 aromatic carbocycles. The van der Waals surface area contributed by atoms with Crippen LogP contribution in [-0.4, -0.2) is 34.8 Å². The smallest absolute Gasteiger partial charge is 0.245 e. The quantitative estimate of drug-likeness (QED) is 0.762. The van der Waals surface area contributed by atoms with Crippen LogP contribution in [0.1, 0.15) is 58.8 Å². The molecule has 0 aromatic heterocycles. The number of piperazine rings is 1. The second-order valence-electron chi connectivity index (χ2n) is 5.55. The Labute approximate surface area is 109 Å². The molecule has 1 aliphatic heterocycles. The molecule has 0 aromatic rings. The van der Waals surface area contributed by atoms with E-state index in [1.54, 1.807) is 6.92 Å². The minimum absolute atomic E-state index is 0.0221. The maximum atomic E-state index is 12.4. The monoisotopic (exact) mass is 252 g/mol. The second-order valence-corrected chi connectivity index (χ2v) is 5.55. The molecule has 1 aliphatic carbocycles. The van der Waals surface area contributed by atoms with Crippen molar-refractivity contribution in [3.05, 3.63) is 0 Å². The van der Waals surface area contributed by atoms with Crippen molar-refractivity contribution < 1.29 is 9.59 Å². The van der Waals surface area contributed by atoms with Crippen molar-refractivity contribution in [1.82, 2.24) is 10.2 Å².